The zero-order valence-corrected chi connectivity index (χ0v) is 40.7. The molecule has 0 bridgehead atoms. The van der Waals surface area contributed by atoms with Gasteiger partial charge in [-0.3, -0.25) is 0 Å². The maximum absolute atomic E-state index is 5.33. The molecule has 0 spiro atoms. The van der Waals surface area contributed by atoms with Gasteiger partial charge in [0.05, 0.1) is 39.1 Å². The Morgan fingerprint density at radius 2 is 0.750 bits per heavy atom. The van der Waals surface area contributed by atoms with Crippen molar-refractivity contribution in [3.63, 3.8) is 0 Å². The highest BCUT2D eigenvalue weighted by Crippen LogP contribution is 2.43. The molecule has 4 nitrogen and oxygen atoms in total. The van der Waals surface area contributed by atoms with Gasteiger partial charge < -0.3 is 9.13 Å². The van der Waals surface area contributed by atoms with Gasteiger partial charge in [-0.2, -0.15) is 0 Å². The van der Waals surface area contributed by atoms with E-state index in [0.29, 0.717) is 5.82 Å². The lowest BCUT2D eigenvalue weighted by Gasteiger charge is -2.18. The Balaban J connectivity index is 1.08. The standard InChI is InChI=1S/C68H50N4/c1-43-32-44(2)35-53(34-43)49-26-29-66-59(39-49)60-40-50(54-36-45(3)33-46(4)37-54)27-30-67(60)72(66)65-31-28-52(62-42-61(47-16-7-5-8-17-47)69-68(70-62)48-18-9-6-10-19-48)41-58(65)51-20-15-21-55(38-51)71-63-24-13-11-22-56(63)57-23-12-14-25-64(57)71/h5-42H,1-4H3. The van der Waals surface area contributed by atoms with Crippen molar-refractivity contribution in [3.8, 4) is 78.7 Å². The third-order valence-electron chi connectivity index (χ3n) is 14.2. The highest BCUT2D eigenvalue weighted by atomic mass is 15.0. The van der Waals surface area contributed by atoms with Crippen LogP contribution in [0.25, 0.3) is 122 Å². The fourth-order valence-electron chi connectivity index (χ4n) is 11.1. The molecule has 13 aromatic rings. The summed E-state index contributed by atoms with van der Waals surface area (Å²) in [6.07, 6.45) is 0. The van der Waals surface area contributed by atoms with E-state index in [4.69, 9.17) is 9.97 Å². The highest BCUT2D eigenvalue weighted by molar-refractivity contribution is 6.13. The molecule has 0 atom stereocenters. The van der Waals surface area contributed by atoms with Gasteiger partial charge in [-0.15, -0.1) is 0 Å². The van der Waals surface area contributed by atoms with E-state index >= 15 is 0 Å². The molecular weight excluding hydrogens is 873 g/mol. The van der Waals surface area contributed by atoms with Crippen LogP contribution in [-0.4, -0.2) is 19.1 Å². The van der Waals surface area contributed by atoms with Crippen LogP contribution < -0.4 is 0 Å². The summed E-state index contributed by atoms with van der Waals surface area (Å²) in [7, 11) is 0. The SMILES string of the molecule is Cc1cc(C)cc(-c2ccc3c(c2)c2cc(-c4cc(C)cc(C)c4)ccc2n3-c2ccc(-c3cc(-c4ccccc4)nc(-c4ccccc4)n3)cc2-c2cccc(-n3c4ccccc4c4ccccc43)c2)c1. The topological polar surface area (TPSA) is 35.6 Å². The molecule has 13 rings (SSSR count). The summed E-state index contributed by atoms with van der Waals surface area (Å²) in [6, 6.07) is 84.0. The molecule has 0 unspecified atom stereocenters. The summed E-state index contributed by atoms with van der Waals surface area (Å²) in [5.41, 5.74) is 23.6. The predicted octanol–water partition coefficient (Wildman–Crippen LogP) is 17.9. The summed E-state index contributed by atoms with van der Waals surface area (Å²) in [6.45, 7) is 8.74. The van der Waals surface area contributed by atoms with Crippen molar-refractivity contribution in [2.75, 3.05) is 0 Å². The number of benzene rings is 10. The van der Waals surface area contributed by atoms with E-state index in [1.54, 1.807) is 0 Å². The molecule has 72 heavy (non-hydrogen) atoms. The number of nitrogens with zero attached hydrogens (tertiary/aromatic N) is 4. The van der Waals surface area contributed by atoms with Crippen LogP contribution >= 0.6 is 0 Å². The van der Waals surface area contributed by atoms with Gasteiger partial charge in [0.15, 0.2) is 5.82 Å². The van der Waals surface area contributed by atoms with Crippen molar-refractivity contribution in [1.29, 1.82) is 0 Å². The van der Waals surface area contributed by atoms with E-state index < -0.39 is 0 Å². The van der Waals surface area contributed by atoms with Crippen molar-refractivity contribution in [2.45, 2.75) is 27.7 Å². The first-order valence-electron chi connectivity index (χ1n) is 24.8. The molecule has 0 aliphatic rings. The molecule has 10 aromatic carbocycles. The molecule has 3 aromatic heterocycles. The smallest absolute Gasteiger partial charge is 0.160 e. The van der Waals surface area contributed by atoms with Crippen LogP contribution in [0.15, 0.2) is 231 Å². The fourth-order valence-corrected chi connectivity index (χ4v) is 11.1. The first-order valence-corrected chi connectivity index (χ1v) is 24.8. The Morgan fingerprint density at radius 3 is 1.32 bits per heavy atom. The molecule has 4 heteroatoms. The number of aromatic nitrogens is 4. The fraction of sp³-hybridized carbons (Fsp3) is 0.0588. The summed E-state index contributed by atoms with van der Waals surface area (Å²) in [4.78, 5) is 10.5. The summed E-state index contributed by atoms with van der Waals surface area (Å²) in [5.74, 6) is 0.688. The second-order valence-electron chi connectivity index (χ2n) is 19.4. The third kappa shape index (κ3) is 7.56. The molecule has 0 fully saturated rings. The summed E-state index contributed by atoms with van der Waals surface area (Å²) < 4.78 is 4.89. The Morgan fingerprint density at radius 1 is 0.278 bits per heavy atom. The van der Waals surface area contributed by atoms with Crippen molar-refractivity contribution in [3.05, 3.63) is 253 Å². The molecule has 0 aliphatic carbocycles. The van der Waals surface area contributed by atoms with Gasteiger partial charge in [-0.1, -0.05) is 186 Å². The number of aryl methyl sites for hydroxylation is 4. The number of hydrogen-bond donors (Lipinski definition) is 0. The van der Waals surface area contributed by atoms with E-state index in [1.807, 2.05) is 24.3 Å². The van der Waals surface area contributed by atoms with Crippen LogP contribution in [0.5, 0.6) is 0 Å². The summed E-state index contributed by atoms with van der Waals surface area (Å²) in [5, 5.41) is 4.88. The molecule has 0 saturated carbocycles. The van der Waals surface area contributed by atoms with Crippen molar-refractivity contribution >= 4 is 43.6 Å². The van der Waals surface area contributed by atoms with E-state index in [0.717, 1.165) is 61.6 Å². The lowest BCUT2D eigenvalue weighted by molar-refractivity contribution is 1.16. The van der Waals surface area contributed by atoms with Gasteiger partial charge >= 0.3 is 0 Å². The van der Waals surface area contributed by atoms with Crippen LogP contribution in [0, 0.1) is 27.7 Å². The molecular formula is C68H50N4. The Bertz CT molecular complexity index is 3990. The van der Waals surface area contributed by atoms with Crippen molar-refractivity contribution in [2.24, 2.45) is 0 Å². The quantitative estimate of drug-likeness (QED) is 0.152. The van der Waals surface area contributed by atoms with Crippen LogP contribution in [0.3, 0.4) is 0 Å². The van der Waals surface area contributed by atoms with Gasteiger partial charge in [0.1, 0.15) is 0 Å². The van der Waals surface area contributed by atoms with Crippen LogP contribution in [-0.2, 0) is 0 Å². The number of rotatable bonds is 8. The number of fused-ring (bicyclic) bond motifs is 6. The minimum Gasteiger partial charge on any atom is -0.309 e. The third-order valence-corrected chi connectivity index (χ3v) is 14.2. The van der Waals surface area contributed by atoms with E-state index in [9.17, 15) is 0 Å². The van der Waals surface area contributed by atoms with Gasteiger partial charge in [-0.05, 0) is 122 Å². The van der Waals surface area contributed by atoms with Gasteiger partial charge in [-0.25, -0.2) is 9.97 Å². The monoisotopic (exact) mass is 922 g/mol. The predicted molar refractivity (Wildman–Crippen MR) is 302 cm³/mol. The molecule has 0 aliphatic heterocycles. The van der Waals surface area contributed by atoms with Gasteiger partial charge in [0.2, 0.25) is 0 Å². The van der Waals surface area contributed by atoms with Gasteiger partial charge in [0.25, 0.3) is 0 Å². The largest absolute Gasteiger partial charge is 0.309 e. The molecule has 3 heterocycles. The second kappa shape index (κ2) is 17.4. The zero-order chi connectivity index (χ0) is 48.5. The normalized spacial score (nSPS) is 11.6. The lowest BCUT2D eigenvalue weighted by Crippen LogP contribution is -2.00. The molecule has 0 amide bonds. The second-order valence-corrected chi connectivity index (χ2v) is 19.4. The van der Waals surface area contributed by atoms with E-state index in [-0.39, 0.29) is 0 Å². The van der Waals surface area contributed by atoms with Crippen LogP contribution in [0.1, 0.15) is 22.3 Å². The van der Waals surface area contributed by atoms with E-state index in [1.165, 1.54) is 77.1 Å². The molecule has 0 N–H and O–H groups in total. The first-order chi connectivity index (χ1) is 35.3. The van der Waals surface area contributed by atoms with E-state index in [2.05, 4.69) is 243 Å². The first kappa shape index (κ1) is 42.9. The maximum Gasteiger partial charge on any atom is 0.160 e. The molecule has 0 saturated heterocycles. The summed E-state index contributed by atoms with van der Waals surface area (Å²) >= 11 is 0. The average Bonchev–Trinajstić information content (AvgIpc) is 3.93. The Hall–Kier alpha value is -9.12. The highest BCUT2D eigenvalue weighted by Gasteiger charge is 2.21. The minimum absolute atomic E-state index is 0.688. The Kier molecular flexibility index (Phi) is 10.4. The van der Waals surface area contributed by atoms with Crippen LogP contribution in [0.2, 0.25) is 0 Å². The zero-order valence-electron chi connectivity index (χ0n) is 40.7. The minimum atomic E-state index is 0.688. The lowest BCUT2D eigenvalue weighted by atomic mass is 9.97. The van der Waals surface area contributed by atoms with Crippen LogP contribution in [0.4, 0.5) is 0 Å². The molecule has 342 valence electrons. The number of para-hydroxylation sites is 2. The van der Waals surface area contributed by atoms with Gasteiger partial charge in [0, 0.05) is 49.5 Å². The maximum atomic E-state index is 5.33. The van der Waals surface area contributed by atoms with Crippen molar-refractivity contribution in [1.82, 2.24) is 19.1 Å². The molecule has 0 radical (unpaired) electrons. The Labute approximate surface area is 419 Å². The average molecular weight is 923 g/mol. The van der Waals surface area contributed by atoms with Crippen molar-refractivity contribution < 1.29 is 0 Å². The number of hydrogen-bond acceptors (Lipinski definition) is 2.